The van der Waals surface area contributed by atoms with Crippen molar-refractivity contribution in [2.45, 2.75) is 25.5 Å². The maximum Gasteiger partial charge on any atom is 0.223 e. The first kappa shape index (κ1) is 16.9. The van der Waals surface area contributed by atoms with Crippen LogP contribution in [0.5, 0.6) is 0 Å². The topological polar surface area (TPSA) is 67.2 Å². The molecule has 25 heavy (non-hydrogen) atoms. The molecule has 3 rings (SSSR count). The Bertz CT molecular complexity index is 810. The Hall–Kier alpha value is -2.92. The minimum Gasteiger partial charge on any atom is -0.385 e. The standard InChI is InChI=1S/C20H21N3O2/c1-20(25,17-6-3-2-4-7-17)14-19(24)21-15-16-8-10-18(11-9-16)23-13-5-12-22-23/h2-13,25H,14-15H2,1H3,(H,21,24). The Morgan fingerprint density at radius 1 is 1.12 bits per heavy atom. The number of aliphatic hydroxyl groups is 1. The molecule has 1 unspecified atom stereocenters. The Balaban J connectivity index is 1.55. The predicted octanol–water partition coefficient (Wildman–Crippen LogP) is 2.79. The zero-order chi connectivity index (χ0) is 17.7. The van der Waals surface area contributed by atoms with Crippen LogP contribution in [0.15, 0.2) is 73.1 Å². The number of amides is 1. The summed E-state index contributed by atoms with van der Waals surface area (Å²) in [4.78, 5) is 12.2. The molecule has 0 bridgehead atoms. The van der Waals surface area contributed by atoms with Gasteiger partial charge in [0, 0.05) is 18.9 Å². The summed E-state index contributed by atoms with van der Waals surface area (Å²) in [6.45, 7) is 2.07. The van der Waals surface area contributed by atoms with E-state index in [1.807, 2.05) is 66.9 Å². The van der Waals surface area contributed by atoms with Crippen molar-refractivity contribution in [2.75, 3.05) is 0 Å². The third-order valence-corrected chi connectivity index (χ3v) is 4.10. The van der Waals surface area contributed by atoms with Gasteiger partial charge >= 0.3 is 0 Å². The van der Waals surface area contributed by atoms with E-state index >= 15 is 0 Å². The van der Waals surface area contributed by atoms with E-state index in [0.29, 0.717) is 6.54 Å². The SMILES string of the molecule is CC(O)(CC(=O)NCc1ccc(-n2cccn2)cc1)c1ccccc1. The Kier molecular flexibility index (Phi) is 4.95. The van der Waals surface area contributed by atoms with Crippen molar-refractivity contribution in [2.24, 2.45) is 0 Å². The molecule has 128 valence electrons. The lowest BCUT2D eigenvalue weighted by atomic mass is 9.92. The Morgan fingerprint density at radius 2 is 1.84 bits per heavy atom. The summed E-state index contributed by atoms with van der Waals surface area (Å²) in [5.74, 6) is -0.190. The number of carbonyl (C=O) groups excluding carboxylic acids is 1. The van der Waals surface area contributed by atoms with Gasteiger partial charge in [0.2, 0.25) is 5.91 Å². The second kappa shape index (κ2) is 7.32. The lowest BCUT2D eigenvalue weighted by Gasteiger charge is -2.23. The first-order chi connectivity index (χ1) is 12.0. The smallest absolute Gasteiger partial charge is 0.223 e. The van der Waals surface area contributed by atoms with Crippen LogP contribution in [0.25, 0.3) is 5.69 Å². The molecule has 1 heterocycles. The van der Waals surface area contributed by atoms with Crippen molar-refractivity contribution in [1.82, 2.24) is 15.1 Å². The predicted molar refractivity (Wildman–Crippen MR) is 96.0 cm³/mol. The van der Waals surface area contributed by atoms with Crippen LogP contribution >= 0.6 is 0 Å². The van der Waals surface area contributed by atoms with E-state index in [1.54, 1.807) is 17.8 Å². The van der Waals surface area contributed by atoms with Crippen LogP contribution in [0.4, 0.5) is 0 Å². The molecule has 5 nitrogen and oxygen atoms in total. The van der Waals surface area contributed by atoms with Gasteiger partial charge in [0.05, 0.1) is 17.7 Å². The average Bonchev–Trinajstić information content (AvgIpc) is 3.15. The zero-order valence-electron chi connectivity index (χ0n) is 14.1. The molecule has 0 aliphatic heterocycles. The van der Waals surface area contributed by atoms with E-state index in [2.05, 4.69) is 10.4 Å². The maximum absolute atomic E-state index is 12.2. The largest absolute Gasteiger partial charge is 0.385 e. The minimum absolute atomic E-state index is 0.0163. The first-order valence-corrected chi connectivity index (χ1v) is 8.18. The highest BCUT2D eigenvalue weighted by Crippen LogP contribution is 2.23. The summed E-state index contributed by atoms with van der Waals surface area (Å²) >= 11 is 0. The molecule has 0 aliphatic rings. The number of nitrogens with one attached hydrogen (secondary N) is 1. The quantitative estimate of drug-likeness (QED) is 0.728. The summed E-state index contributed by atoms with van der Waals surface area (Å²) in [7, 11) is 0. The fraction of sp³-hybridized carbons (Fsp3) is 0.200. The number of rotatable bonds is 6. The summed E-state index contributed by atoms with van der Waals surface area (Å²) in [5.41, 5.74) is 1.50. The third kappa shape index (κ3) is 4.33. The molecule has 1 atom stereocenters. The van der Waals surface area contributed by atoms with Gasteiger partial charge in [-0.15, -0.1) is 0 Å². The van der Waals surface area contributed by atoms with Crippen LogP contribution in [-0.4, -0.2) is 20.8 Å². The highest BCUT2D eigenvalue weighted by molar-refractivity contribution is 5.77. The summed E-state index contributed by atoms with van der Waals surface area (Å²) in [5, 5.41) is 17.6. The van der Waals surface area contributed by atoms with Gasteiger partial charge in [-0.3, -0.25) is 4.79 Å². The summed E-state index contributed by atoms with van der Waals surface area (Å²) < 4.78 is 1.78. The molecule has 0 fully saturated rings. The van der Waals surface area contributed by atoms with Crippen molar-refractivity contribution in [3.8, 4) is 5.69 Å². The number of benzene rings is 2. The monoisotopic (exact) mass is 335 g/mol. The first-order valence-electron chi connectivity index (χ1n) is 8.18. The molecule has 1 aromatic heterocycles. The fourth-order valence-corrected chi connectivity index (χ4v) is 2.66. The lowest BCUT2D eigenvalue weighted by Crippen LogP contribution is -2.32. The highest BCUT2D eigenvalue weighted by Gasteiger charge is 2.26. The maximum atomic E-state index is 12.2. The molecule has 3 aromatic rings. The summed E-state index contributed by atoms with van der Waals surface area (Å²) in [6, 6.07) is 18.9. The summed E-state index contributed by atoms with van der Waals surface area (Å²) in [6.07, 6.45) is 3.62. The Morgan fingerprint density at radius 3 is 2.48 bits per heavy atom. The van der Waals surface area contributed by atoms with E-state index in [4.69, 9.17) is 0 Å². The highest BCUT2D eigenvalue weighted by atomic mass is 16.3. The second-order valence-electron chi connectivity index (χ2n) is 6.21. The van der Waals surface area contributed by atoms with Crippen molar-refractivity contribution >= 4 is 5.91 Å². The molecule has 0 saturated carbocycles. The molecule has 1 amide bonds. The molecule has 0 spiro atoms. The third-order valence-electron chi connectivity index (χ3n) is 4.10. The molecule has 2 aromatic carbocycles. The van der Waals surface area contributed by atoms with Crippen molar-refractivity contribution < 1.29 is 9.90 Å². The van der Waals surface area contributed by atoms with Gasteiger partial charge in [-0.2, -0.15) is 5.10 Å². The van der Waals surface area contributed by atoms with Crippen LogP contribution < -0.4 is 5.32 Å². The number of hydrogen-bond donors (Lipinski definition) is 2. The van der Waals surface area contributed by atoms with Crippen molar-refractivity contribution in [3.63, 3.8) is 0 Å². The normalized spacial score (nSPS) is 13.2. The van der Waals surface area contributed by atoms with Gasteiger partial charge in [-0.05, 0) is 36.2 Å². The van der Waals surface area contributed by atoms with Gasteiger partial charge < -0.3 is 10.4 Å². The van der Waals surface area contributed by atoms with Crippen molar-refractivity contribution in [3.05, 3.63) is 84.2 Å². The van der Waals surface area contributed by atoms with Crippen LogP contribution in [0, 0.1) is 0 Å². The van der Waals surface area contributed by atoms with E-state index in [-0.39, 0.29) is 12.3 Å². The van der Waals surface area contributed by atoms with Crippen LogP contribution in [0.3, 0.4) is 0 Å². The molecule has 5 heteroatoms. The number of aromatic nitrogens is 2. The zero-order valence-corrected chi connectivity index (χ0v) is 14.1. The Labute approximate surface area is 146 Å². The number of nitrogens with zero attached hydrogens (tertiary/aromatic N) is 2. The van der Waals surface area contributed by atoms with Gasteiger partial charge in [-0.25, -0.2) is 4.68 Å². The van der Waals surface area contributed by atoms with Gasteiger partial charge in [0.25, 0.3) is 0 Å². The van der Waals surface area contributed by atoms with Gasteiger partial charge in [0.1, 0.15) is 0 Å². The van der Waals surface area contributed by atoms with Crippen LogP contribution in [0.1, 0.15) is 24.5 Å². The number of carbonyl (C=O) groups is 1. The van der Waals surface area contributed by atoms with E-state index < -0.39 is 5.60 Å². The van der Waals surface area contributed by atoms with Crippen molar-refractivity contribution in [1.29, 1.82) is 0 Å². The van der Waals surface area contributed by atoms with E-state index in [9.17, 15) is 9.90 Å². The molecule has 2 N–H and O–H groups in total. The molecular formula is C20H21N3O2. The molecule has 0 aliphatic carbocycles. The van der Waals surface area contributed by atoms with Gasteiger partial charge in [-0.1, -0.05) is 42.5 Å². The molecule has 0 radical (unpaired) electrons. The fourth-order valence-electron chi connectivity index (χ4n) is 2.66. The minimum atomic E-state index is -1.19. The second-order valence-corrected chi connectivity index (χ2v) is 6.21. The van der Waals surface area contributed by atoms with Crippen LogP contribution in [0.2, 0.25) is 0 Å². The average molecular weight is 335 g/mol. The van der Waals surface area contributed by atoms with E-state index in [1.165, 1.54) is 0 Å². The van der Waals surface area contributed by atoms with Crippen LogP contribution in [-0.2, 0) is 16.9 Å². The number of hydrogen-bond acceptors (Lipinski definition) is 3. The molecule has 0 saturated heterocycles. The van der Waals surface area contributed by atoms with Gasteiger partial charge in [0.15, 0.2) is 0 Å². The molecular weight excluding hydrogens is 314 g/mol. The lowest BCUT2D eigenvalue weighted by molar-refractivity contribution is -0.126. The van der Waals surface area contributed by atoms with E-state index in [0.717, 1.165) is 16.8 Å².